The highest BCUT2D eigenvalue weighted by molar-refractivity contribution is 6.02. The fourth-order valence-electron chi connectivity index (χ4n) is 2.63. The third-order valence-corrected chi connectivity index (χ3v) is 3.66. The molecule has 21 heavy (non-hydrogen) atoms. The number of H-pyrrole nitrogens is 1. The topological polar surface area (TPSA) is 67.5 Å². The molecule has 1 aromatic carbocycles. The van der Waals surface area contributed by atoms with Crippen molar-refractivity contribution in [3.05, 3.63) is 23.8 Å². The van der Waals surface area contributed by atoms with Crippen LogP contribution in [0.25, 0.3) is 11.0 Å². The molecule has 1 atom stereocenters. The molecule has 1 aromatic heterocycles. The molecule has 0 unspecified atom stereocenters. The minimum absolute atomic E-state index is 0.167. The maximum absolute atomic E-state index is 11.8. The van der Waals surface area contributed by atoms with Gasteiger partial charge in [-0.3, -0.25) is 0 Å². The van der Waals surface area contributed by atoms with Gasteiger partial charge in [-0.1, -0.05) is 6.07 Å². The number of benzene rings is 1. The summed E-state index contributed by atoms with van der Waals surface area (Å²) in [5.74, 6) is 0.407. The maximum atomic E-state index is 11.8. The van der Waals surface area contributed by atoms with Gasteiger partial charge in [-0.25, -0.2) is 9.78 Å². The number of methoxy groups -OCH3 is 1. The summed E-state index contributed by atoms with van der Waals surface area (Å²) in [5, 5.41) is 0. The van der Waals surface area contributed by atoms with E-state index < -0.39 is 0 Å². The van der Waals surface area contributed by atoms with Crippen molar-refractivity contribution in [1.29, 1.82) is 0 Å². The highest BCUT2D eigenvalue weighted by Crippen LogP contribution is 2.22. The number of para-hydroxylation sites is 1. The summed E-state index contributed by atoms with van der Waals surface area (Å²) in [4.78, 5) is 21.9. The number of aromatic nitrogens is 2. The number of carbonyl (C=O) groups is 1. The average Bonchev–Trinajstić information content (AvgIpc) is 2.81. The number of anilines is 1. The van der Waals surface area contributed by atoms with Gasteiger partial charge in [-0.05, 0) is 25.5 Å². The Morgan fingerprint density at radius 1 is 1.52 bits per heavy atom. The van der Waals surface area contributed by atoms with E-state index in [1.807, 2.05) is 12.1 Å². The molecule has 1 fully saturated rings. The lowest BCUT2D eigenvalue weighted by Crippen LogP contribution is -2.30. The average molecular weight is 289 g/mol. The summed E-state index contributed by atoms with van der Waals surface area (Å²) in [7, 11) is 1.38. The zero-order valence-corrected chi connectivity index (χ0v) is 12.3. The summed E-state index contributed by atoms with van der Waals surface area (Å²) in [6, 6.07) is 5.47. The van der Waals surface area contributed by atoms with E-state index in [1.165, 1.54) is 7.11 Å². The van der Waals surface area contributed by atoms with Crippen molar-refractivity contribution < 1.29 is 14.3 Å². The molecule has 0 radical (unpaired) electrons. The highest BCUT2D eigenvalue weighted by atomic mass is 16.5. The normalized spacial score (nSPS) is 19.5. The van der Waals surface area contributed by atoms with Gasteiger partial charge in [0, 0.05) is 19.7 Å². The first-order valence-electron chi connectivity index (χ1n) is 7.12. The molecular formula is C15H19N3O3. The number of ether oxygens (including phenoxy) is 2. The van der Waals surface area contributed by atoms with Crippen LogP contribution in [0, 0.1) is 0 Å². The fraction of sp³-hybridized carbons (Fsp3) is 0.467. The Kier molecular flexibility index (Phi) is 3.79. The number of rotatable bonds is 2. The standard InChI is InChI=1S/C15H19N3O3/c1-10-9-18(7-4-8-21-10)15-16-12-6-3-5-11(13(12)17-15)14(19)20-2/h3,5-6,10H,4,7-9H2,1-2H3,(H,16,17)/t10-/m0/s1. The molecule has 1 aliphatic heterocycles. The molecule has 6 nitrogen and oxygen atoms in total. The van der Waals surface area contributed by atoms with E-state index in [-0.39, 0.29) is 12.1 Å². The molecule has 6 heteroatoms. The van der Waals surface area contributed by atoms with E-state index in [0.717, 1.165) is 37.6 Å². The zero-order valence-electron chi connectivity index (χ0n) is 12.3. The quantitative estimate of drug-likeness (QED) is 0.856. The Bertz CT molecular complexity index is 653. The van der Waals surface area contributed by atoms with Crippen LogP contribution in [0.5, 0.6) is 0 Å². The number of imidazole rings is 1. The van der Waals surface area contributed by atoms with Crippen molar-refractivity contribution in [3.8, 4) is 0 Å². The predicted octanol–water partition coefficient (Wildman–Crippen LogP) is 1.96. The number of nitrogens with one attached hydrogen (secondary N) is 1. The number of esters is 1. The molecule has 0 bridgehead atoms. The van der Waals surface area contributed by atoms with Crippen LogP contribution in [0.15, 0.2) is 18.2 Å². The Morgan fingerprint density at radius 2 is 2.38 bits per heavy atom. The minimum Gasteiger partial charge on any atom is -0.465 e. The Morgan fingerprint density at radius 3 is 3.19 bits per heavy atom. The number of carbonyl (C=O) groups excluding carboxylic acids is 1. The molecule has 1 saturated heterocycles. The van der Waals surface area contributed by atoms with Gasteiger partial charge in [0.1, 0.15) is 5.52 Å². The van der Waals surface area contributed by atoms with E-state index >= 15 is 0 Å². The van der Waals surface area contributed by atoms with E-state index in [9.17, 15) is 4.79 Å². The van der Waals surface area contributed by atoms with E-state index in [1.54, 1.807) is 6.07 Å². The van der Waals surface area contributed by atoms with Crippen LogP contribution < -0.4 is 4.90 Å². The summed E-state index contributed by atoms with van der Waals surface area (Å²) < 4.78 is 10.5. The van der Waals surface area contributed by atoms with Gasteiger partial charge in [-0.2, -0.15) is 0 Å². The molecular weight excluding hydrogens is 270 g/mol. The Labute approximate surface area is 123 Å². The van der Waals surface area contributed by atoms with Crippen molar-refractivity contribution in [2.75, 3.05) is 31.7 Å². The molecule has 2 aromatic rings. The molecule has 0 saturated carbocycles. The van der Waals surface area contributed by atoms with Gasteiger partial charge in [-0.15, -0.1) is 0 Å². The lowest BCUT2D eigenvalue weighted by molar-refractivity contribution is 0.0602. The van der Waals surface area contributed by atoms with Crippen molar-refractivity contribution in [3.63, 3.8) is 0 Å². The number of hydrogen-bond donors (Lipinski definition) is 1. The van der Waals surface area contributed by atoms with Gasteiger partial charge in [0.05, 0.1) is 24.3 Å². The minimum atomic E-state index is -0.369. The Hall–Kier alpha value is -2.08. The van der Waals surface area contributed by atoms with Crippen molar-refractivity contribution in [2.45, 2.75) is 19.4 Å². The lowest BCUT2D eigenvalue weighted by atomic mass is 10.2. The van der Waals surface area contributed by atoms with E-state index in [0.29, 0.717) is 11.1 Å². The molecule has 112 valence electrons. The number of hydrogen-bond acceptors (Lipinski definition) is 5. The van der Waals surface area contributed by atoms with Gasteiger partial charge in [0.2, 0.25) is 5.95 Å². The third kappa shape index (κ3) is 2.71. The van der Waals surface area contributed by atoms with Crippen LogP contribution in [0.2, 0.25) is 0 Å². The summed E-state index contributed by atoms with van der Waals surface area (Å²) >= 11 is 0. The van der Waals surface area contributed by atoms with Crippen LogP contribution in [0.3, 0.4) is 0 Å². The molecule has 1 aliphatic rings. The predicted molar refractivity (Wildman–Crippen MR) is 79.7 cm³/mol. The second kappa shape index (κ2) is 5.73. The van der Waals surface area contributed by atoms with Crippen molar-refractivity contribution >= 4 is 23.0 Å². The van der Waals surface area contributed by atoms with Gasteiger partial charge >= 0.3 is 5.97 Å². The first kappa shape index (κ1) is 13.9. The van der Waals surface area contributed by atoms with Crippen molar-refractivity contribution in [1.82, 2.24) is 9.97 Å². The summed E-state index contributed by atoms with van der Waals surface area (Å²) in [6.07, 6.45) is 1.13. The van der Waals surface area contributed by atoms with E-state index in [2.05, 4.69) is 21.8 Å². The SMILES string of the molecule is COC(=O)c1cccc2[nH]c(N3CCCO[C@@H](C)C3)nc12. The van der Waals surface area contributed by atoms with Crippen LogP contribution in [-0.4, -0.2) is 48.8 Å². The van der Waals surface area contributed by atoms with Crippen LogP contribution in [0.1, 0.15) is 23.7 Å². The number of fused-ring (bicyclic) bond motifs is 1. The lowest BCUT2D eigenvalue weighted by Gasteiger charge is -2.20. The summed E-state index contributed by atoms with van der Waals surface area (Å²) in [5.41, 5.74) is 1.97. The van der Waals surface area contributed by atoms with Crippen LogP contribution >= 0.6 is 0 Å². The van der Waals surface area contributed by atoms with Crippen LogP contribution in [-0.2, 0) is 9.47 Å². The number of nitrogens with zero attached hydrogens (tertiary/aromatic N) is 2. The first-order chi connectivity index (χ1) is 10.2. The smallest absolute Gasteiger partial charge is 0.340 e. The van der Waals surface area contributed by atoms with Crippen molar-refractivity contribution in [2.24, 2.45) is 0 Å². The second-order valence-electron chi connectivity index (χ2n) is 5.23. The molecule has 3 rings (SSSR count). The molecule has 0 amide bonds. The second-order valence-corrected chi connectivity index (χ2v) is 5.23. The monoisotopic (exact) mass is 289 g/mol. The van der Waals surface area contributed by atoms with Gasteiger partial charge in [0.15, 0.2) is 0 Å². The van der Waals surface area contributed by atoms with Gasteiger partial charge < -0.3 is 19.4 Å². The zero-order chi connectivity index (χ0) is 14.8. The first-order valence-corrected chi connectivity index (χ1v) is 7.12. The largest absolute Gasteiger partial charge is 0.465 e. The Balaban J connectivity index is 1.98. The molecule has 2 heterocycles. The van der Waals surface area contributed by atoms with Crippen LogP contribution in [0.4, 0.5) is 5.95 Å². The molecule has 0 spiro atoms. The van der Waals surface area contributed by atoms with Gasteiger partial charge in [0.25, 0.3) is 0 Å². The maximum Gasteiger partial charge on any atom is 0.340 e. The molecule has 0 aliphatic carbocycles. The third-order valence-electron chi connectivity index (χ3n) is 3.66. The van der Waals surface area contributed by atoms with E-state index in [4.69, 9.17) is 9.47 Å². The number of aromatic amines is 1. The fourth-order valence-corrected chi connectivity index (χ4v) is 2.63. The summed E-state index contributed by atoms with van der Waals surface area (Å²) in [6.45, 7) is 4.50. The molecule has 1 N–H and O–H groups in total. The highest BCUT2D eigenvalue weighted by Gasteiger charge is 2.20.